The van der Waals surface area contributed by atoms with Crippen molar-refractivity contribution in [2.45, 2.75) is 24.3 Å². The highest BCUT2D eigenvalue weighted by Gasteiger charge is 2.17. The Bertz CT molecular complexity index is 552. The lowest BCUT2D eigenvalue weighted by atomic mass is 10.1. The molecule has 0 amide bonds. The molecule has 0 saturated carbocycles. The zero-order chi connectivity index (χ0) is 14.0. The van der Waals surface area contributed by atoms with Crippen LogP contribution in [0.4, 0.5) is 5.69 Å². The smallest absolute Gasteiger partial charge is 0.242 e. The third-order valence-electron chi connectivity index (χ3n) is 2.45. The maximum absolute atomic E-state index is 11.9. The molecule has 0 aliphatic carbocycles. The summed E-state index contributed by atoms with van der Waals surface area (Å²) in [7, 11) is -0.372. The lowest BCUT2D eigenvalue weighted by Gasteiger charge is -2.21. The Balaban J connectivity index is 2.99. The highest BCUT2D eigenvalue weighted by Crippen LogP contribution is 2.19. The van der Waals surface area contributed by atoms with Crippen molar-refractivity contribution in [3.05, 3.63) is 24.3 Å². The van der Waals surface area contributed by atoms with Crippen molar-refractivity contribution in [2.24, 2.45) is 0 Å². The molecule has 0 unspecified atom stereocenters. The number of terminal acetylenes is 1. The Kier molecular flexibility index (Phi) is 4.05. The molecule has 0 radical (unpaired) electrons. The molecular weight excluding hydrogens is 248 g/mol. The molecule has 0 fully saturated rings. The van der Waals surface area contributed by atoms with Gasteiger partial charge in [0.25, 0.3) is 0 Å². The third-order valence-corrected chi connectivity index (χ3v) is 4.28. The quantitative estimate of drug-likeness (QED) is 0.845. The third kappa shape index (κ3) is 3.25. The van der Waals surface area contributed by atoms with Gasteiger partial charge >= 0.3 is 0 Å². The lowest BCUT2D eigenvalue weighted by molar-refractivity contribution is 0.521. The number of hydrogen-bond acceptors (Lipinski definition) is 3. The van der Waals surface area contributed by atoms with Crippen molar-refractivity contribution in [1.29, 1.82) is 0 Å². The summed E-state index contributed by atoms with van der Waals surface area (Å²) in [6.07, 6.45) is 5.38. The van der Waals surface area contributed by atoms with Gasteiger partial charge in [-0.2, -0.15) is 0 Å². The second-order valence-corrected chi connectivity index (χ2v) is 6.86. The molecule has 1 aromatic carbocycles. The Morgan fingerprint density at radius 3 is 2.11 bits per heavy atom. The predicted molar refractivity (Wildman–Crippen MR) is 73.8 cm³/mol. The van der Waals surface area contributed by atoms with Crippen LogP contribution in [0.3, 0.4) is 0 Å². The SMILES string of the molecule is C#CC(C)(C)Nc1ccc(S(=O)(=O)N(C)C)cc1. The van der Waals surface area contributed by atoms with Gasteiger partial charge in [0.2, 0.25) is 10.0 Å². The van der Waals surface area contributed by atoms with Crippen LogP contribution in [0.5, 0.6) is 0 Å². The van der Waals surface area contributed by atoms with Crippen molar-refractivity contribution in [2.75, 3.05) is 19.4 Å². The zero-order valence-electron chi connectivity index (χ0n) is 11.1. The first kappa shape index (κ1) is 14.6. The van der Waals surface area contributed by atoms with Gasteiger partial charge in [-0.05, 0) is 38.1 Å². The van der Waals surface area contributed by atoms with E-state index in [1.54, 1.807) is 24.3 Å². The van der Waals surface area contributed by atoms with Gasteiger partial charge in [0, 0.05) is 19.8 Å². The Hall–Kier alpha value is -1.51. The molecule has 98 valence electrons. The molecule has 0 saturated heterocycles. The first-order chi connectivity index (χ1) is 8.19. The molecule has 18 heavy (non-hydrogen) atoms. The second-order valence-electron chi connectivity index (χ2n) is 4.71. The molecule has 5 heteroatoms. The van der Waals surface area contributed by atoms with Crippen LogP contribution in [0.25, 0.3) is 0 Å². The summed E-state index contributed by atoms with van der Waals surface area (Å²) in [5, 5.41) is 3.13. The largest absolute Gasteiger partial charge is 0.370 e. The van der Waals surface area contributed by atoms with Gasteiger partial charge in [0.1, 0.15) is 0 Å². The fraction of sp³-hybridized carbons (Fsp3) is 0.385. The summed E-state index contributed by atoms with van der Waals surface area (Å²) in [5.41, 5.74) is 0.317. The molecule has 0 aromatic heterocycles. The van der Waals surface area contributed by atoms with Gasteiger partial charge in [0.15, 0.2) is 0 Å². The first-order valence-corrected chi connectivity index (χ1v) is 6.91. The topological polar surface area (TPSA) is 49.4 Å². The van der Waals surface area contributed by atoms with Crippen LogP contribution in [0.2, 0.25) is 0 Å². The molecule has 0 spiro atoms. The van der Waals surface area contributed by atoms with Crippen LogP contribution in [-0.4, -0.2) is 32.4 Å². The number of anilines is 1. The Labute approximate surface area is 109 Å². The number of benzene rings is 1. The van der Waals surface area contributed by atoms with E-state index in [0.29, 0.717) is 0 Å². The first-order valence-electron chi connectivity index (χ1n) is 5.47. The van der Waals surface area contributed by atoms with Crippen molar-refractivity contribution >= 4 is 15.7 Å². The minimum Gasteiger partial charge on any atom is -0.370 e. The standard InChI is InChI=1S/C13H18N2O2S/c1-6-13(2,3)14-11-7-9-12(10-8-11)18(16,17)15(4)5/h1,7-10,14H,2-5H3. The minimum absolute atomic E-state index is 0.261. The summed E-state index contributed by atoms with van der Waals surface area (Å²) in [6.45, 7) is 3.74. The number of rotatable bonds is 4. The highest BCUT2D eigenvalue weighted by molar-refractivity contribution is 7.89. The van der Waals surface area contributed by atoms with Gasteiger partial charge in [0.05, 0.1) is 10.4 Å². The fourth-order valence-electron chi connectivity index (χ4n) is 1.32. The molecule has 0 atom stereocenters. The summed E-state index contributed by atoms with van der Waals surface area (Å²) in [6, 6.07) is 6.53. The average Bonchev–Trinajstić information content (AvgIpc) is 2.29. The van der Waals surface area contributed by atoms with Crippen LogP contribution in [0.1, 0.15) is 13.8 Å². The summed E-state index contributed by atoms with van der Waals surface area (Å²) in [4.78, 5) is 0.261. The van der Waals surface area contributed by atoms with E-state index < -0.39 is 15.6 Å². The van der Waals surface area contributed by atoms with E-state index >= 15 is 0 Å². The van der Waals surface area contributed by atoms with E-state index in [1.165, 1.54) is 18.4 Å². The molecule has 1 rings (SSSR count). The lowest BCUT2D eigenvalue weighted by Crippen LogP contribution is -2.28. The second kappa shape index (κ2) is 5.01. The number of sulfonamides is 1. The maximum atomic E-state index is 11.9. The molecule has 4 nitrogen and oxygen atoms in total. The molecular formula is C13H18N2O2S. The maximum Gasteiger partial charge on any atom is 0.242 e. The normalized spacial score (nSPS) is 12.2. The van der Waals surface area contributed by atoms with Crippen molar-refractivity contribution in [3.8, 4) is 12.3 Å². The van der Waals surface area contributed by atoms with E-state index in [4.69, 9.17) is 6.42 Å². The minimum atomic E-state index is -3.38. The number of nitrogens with zero attached hydrogens (tertiary/aromatic N) is 1. The molecule has 1 N–H and O–H groups in total. The Morgan fingerprint density at radius 2 is 1.72 bits per heavy atom. The van der Waals surface area contributed by atoms with E-state index in [-0.39, 0.29) is 4.90 Å². The van der Waals surface area contributed by atoms with Crippen LogP contribution in [0, 0.1) is 12.3 Å². The van der Waals surface area contributed by atoms with Gasteiger partial charge in [-0.25, -0.2) is 12.7 Å². The molecule has 0 bridgehead atoms. The summed E-state index contributed by atoms with van der Waals surface area (Å²) >= 11 is 0. The van der Waals surface area contributed by atoms with Crippen molar-refractivity contribution in [1.82, 2.24) is 4.31 Å². The average molecular weight is 266 g/mol. The summed E-state index contributed by atoms with van der Waals surface area (Å²) in [5.74, 6) is 2.62. The van der Waals surface area contributed by atoms with E-state index in [1.807, 2.05) is 13.8 Å². The zero-order valence-corrected chi connectivity index (χ0v) is 11.9. The monoisotopic (exact) mass is 266 g/mol. The van der Waals surface area contributed by atoms with Gasteiger partial charge in [-0.15, -0.1) is 6.42 Å². The van der Waals surface area contributed by atoms with Crippen molar-refractivity contribution in [3.63, 3.8) is 0 Å². The van der Waals surface area contributed by atoms with Gasteiger partial charge in [-0.3, -0.25) is 0 Å². The van der Waals surface area contributed by atoms with Crippen LogP contribution in [0.15, 0.2) is 29.2 Å². The van der Waals surface area contributed by atoms with Gasteiger partial charge in [-0.1, -0.05) is 5.92 Å². The number of hydrogen-bond donors (Lipinski definition) is 1. The van der Waals surface area contributed by atoms with Crippen LogP contribution < -0.4 is 5.32 Å². The molecule has 1 aromatic rings. The fourth-order valence-corrected chi connectivity index (χ4v) is 2.22. The molecule has 0 aliphatic rings. The van der Waals surface area contributed by atoms with E-state index in [0.717, 1.165) is 5.69 Å². The summed E-state index contributed by atoms with van der Waals surface area (Å²) < 4.78 is 24.9. The molecule has 0 heterocycles. The van der Waals surface area contributed by atoms with E-state index in [9.17, 15) is 8.42 Å². The van der Waals surface area contributed by atoms with E-state index in [2.05, 4.69) is 11.2 Å². The Morgan fingerprint density at radius 1 is 1.22 bits per heavy atom. The number of nitrogens with one attached hydrogen (secondary N) is 1. The van der Waals surface area contributed by atoms with Gasteiger partial charge < -0.3 is 5.32 Å². The highest BCUT2D eigenvalue weighted by atomic mass is 32.2. The van der Waals surface area contributed by atoms with Crippen molar-refractivity contribution < 1.29 is 8.42 Å². The van der Waals surface area contributed by atoms with Crippen LogP contribution >= 0.6 is 0 Å². The van der Waals surface area contributed by atoms with Crippen LogP contribution in [-0.2, 0) is 10.0 Å². The molecule has 0 aliphatic heterocycles. The predicted octanol–water partition coefficient (Wildman–Crippen LogP) is 1.76.